The zero-order chi connectivity index (χ0) is 13.7. The molecule has 0 aliphatic rings. The SMILES string of the molecule is CN(CCCC(=O)O)c1ccc(-c2ccc[nH]2)nn1. The minimum Gasteiger partial charge on any atom is -0.481 e. The van der Waals surface area contributed by atoms with Gasteiger partial charge in [-0.15, -0.1) is 10.2 Å². The fourth-order valence-electron chi connectivity index (χ4n) is 1.74. The monoisotopic (exact) mass is 260 g/mol. The van der Waals surface area contributed by atoms with E-state index >= 15 is 0 Å². The third-order valence-corrected chi connectivity index (χ3v) is 2.80. The number of aromatic nitrogens is 3. The number of anilines is 1. The van der Waals surface area contributed by atoms with Gasteiger partial charge in [0.15, 0.2) is 5.82 Å². The maximum atomic E-state index is 10.4. The number of rotatable bonds is 6. The predicted octanol–water partition coefficient (Wildman–Crippen LogP) is 1.77. The van der Waals surface area contributed by atoms with Crippen molar-refractivity contribution in [2.24, 2.45) is 0 Å². The molecule has 0 spiro atoms. The Bertz CT molecular complexity index is 522. The molecule has 0 unspecified atom stereocenters. The maximum Gasteiger partial charge on any atom is 0.303 e. The van der Waals surface area contributed by atoms with Gasteiger partial charge in [0, 0.05) is 26.2 Å². The molecule has 19 heavy (non-hydrogen) atoms. The molecule has 0 aliphatic carbocycles. The third-order valence-electron chi connectivity index (χ3n) is 2.80. The van der Waals surface area contributed by atoms with Crippen molar-refractivity contribution >= 4 is 11.8 Å². The number of aliphatic carboxylic acids is 1. The molecule has 0 radical (unpaired) electrons. The first-order chi connectivity index (χ1) is 9.16. The molecule has 2 rings (SSSR count). The molecule has 0 saturated heterocycles. The number of hydrogen-bond donors (Lipinski definition) is 2. The fourth-order valence-corrected chi connectivity index (χ4v) is 1.74. The van der Waals surface area contributed by atoms with Crippen molar-refractivity contribution in [1.29, 1.82) is 0 Å². The largest absolute Gasteiger partial charge is 0.481 e. The van der Waals surface area contributed by atoms with Crippen LogP contribution >= 0.6 is 0 Å². The van der Waals surface area contributed by atoms with Gasteiger partial charge in [-0.3, -0.25) is 4.79 Å². The standard InChI is InChI=1S/C13H16N4O2/c1-17(9-3-5-13(18)19)12-7-6-11(15-16-12)10-4-2-8-14-10/h2,4,6-8,14H,3,5,9H2,1H3,(H,18,19). The lowest BCUT2D eigenvalue weighted by atomic mass is 10.3. The Morgan fingerprint density at radius 2 is 2.21 bits per heavy atom. The molecule has 6 heteroatoms. The van der Waals surface area contributed by atoms with Crippen molar-refractivity contribution in [3.8, 4) is 11.4 Å². The van der Waals surface area contributed by atoms with E-state index in [2.05, 4.69) is 15.2 Å². The molecule has 0 atom stereocenters. The van der Waals surface area contributed by atoms with E-state index in [1.54, 1.807) is 0 Å². The second kappa shape index (κ2) is 5.99. The van der Waals surface area contributed by atoms with Crippen molar-refractivity contribution in [2.75, 3.05) is 18.5 Å². The average molecular weight is 260 g/mol. The number of hydrogen-bond acceptors (Lipinski definition) is 4. The molecular formula is C13H16N4O2. The predicted molar refractivity (Wildman–Crippen MR) is 72.0 cm³/mol. The summed E-state index contributed by atoms with van der Waals surface area (Å²) < 4.78 is 0. The molecule has 0 aliphatic heterocycles. The van der Waals surface area contributed by atoms with E-state index in [1.165, 1.54) is 0 Å². The first-order valence-corrected chi connectivity index (χ1v) is 6.07. The Balaban J connectivity index is 1.96. The molecule has 2 N–H and O–H groups in total. The minimum atomic E-state index is -0.776. The fraction of sp³-hybridized carbons (Fsp3) is 0.308. The van der Waals surface area contributed by atoms with Crippen molar-refractivity contribution in [3.63, 3.8) is 0 Å². The molecule has 0 amide bonds. The van der Waals surface area contributed by atoms with Crippen LogP contribution < -0.4 is 4.90 Å². The van der Waals surface area contributed by atoms with E-state index in [-0.39, 0.29) is 6.42 Å². The normalized spacial score (nSPS) is 10.4. The molecule has 0 aromatic carbocycles. The minimum absolute atomic E-state index is 0.165. The van der Waals surface area contributed by atoms with E-state index in [9.17, 15) is 4.79 Å². The lowest BCUT2D eigenvalue weighted by Crippen LogP contribution is -2.20. The summed E-state index contributed by atoms with van der Waals surface area (Å²) in [4.78, 5) is 15.4. The zero-order valence-corrected chi connectivity index (χ0v) is 10.7. The van der Waals surface area contributed by atoms with Crippen LogP contribution in [0.1, 0.15) is 12.8 Å². The maximum absolute atomic E-state index is 10.4. The molecule has 2 aromatic rings. The Hall–Kier alpha value is -2.37. The smallest absolute Gasteiger partial charge is 0.303 e. The number of H-pyrrole nitrogens is 1. The summed E-state index contributed by atoms with van der Waals surface area (Å²) in [6.45, 7) is 0.642. The van der Waals surface area contributed by atoms with Crippen LogP contribution in [0, 0.1) is 0 Å². The first-order valence-electron chi connectivity index (χ1n) is 6.07. The molecule has 0 fully saturated rings. The number of carbonyl (C=O) groups is 1. The van der Waals surface area contributed by atoms with Crippen LogP contribution in [0.5, 0.6) is 0 Å². The van der Waals surface area contributed by atoms with Gasteiger partial charge in [-0.2, -0.15) is 0 Å². The summed E-state index contributed by atoms with van der Waals surface area (Å²) >= 11 is 0. The van der Waals surface area contributed by atoms with Gasteiger partial charge < -0.3 is 15.0 Å². The number of carboxylic acid groups (broad SMARTS) is 1. The lowest BCUT2D eigenvalue weighted by molar-refractivity contribution is -0.137. The number of aromatic amines is 1. The van der Waals surface area contributed by atoms with Gasteiger partial charge in [-0.1, -0.05) is 0 Å². The van der Waals surface area contributed by atoms with Crippen molar-refractivity contribution < 1.29 is 9.90 Å². The quantitative estimate of drug-likeness (QED) is 0.827. The van der Waals surface area contributed by atoms with Crippen LogP contribution in [0.15, 0.2) is 30.5 Å². The molecule has 0 saturated carbocycles. The highest BCUT2D eigenvalue weighted by Crippen LogP contribution is 2.16. The lowest BCUT2D eigenvalue weighted by Gasteiger charge is -2.16. The van der Waals surface area contributed by atoms with Gasteiger partial charge >= 0.3 is 5.97 Å². The van der Waals surface area contributed by atoms with Crippen molar-refractivity contribution in [1.82, 2.24) is 15.2 Å². The van der Waals surface area contributed by atoms with Gasteiger partial charge in [0.25, 0.3) is 0 Å². The van der Waals surface area contributed by atoms with Crippen LogP contribution in [-0.4, -0.2) is 39.8 Å². The van der Waals surface area contributed by atoms with Crippen molar-refractivity contribution in [2.45, 2.75) is 12.8 Å². The van der Waals surface area contributed by atoms with Crippen molar-refractivity contribution in [3.05, 3.63) is 30.5 Å². The summed E-state index contributed by atoms with van der Waals surface area (Å²) in [6, 6.07) is 7.61. The van der Waals surface area contributed by atoms with Crippen LogP contribution in [0.3, 0.4) is 0 Å². The summed E-state index contributed by atoms with van der Waals surface area (Å²) in [5.74, 6) is -0.0396. The highest BCUT2D eigenvalue weighted by atomic mass is 16.4. The molecular weight excluding hydrogens is 244 g/mol. The second-order valence-corrected chi connectivity index (χ2v) is 4.28. The Kier molecular flexibility index (Phi) is 4.12. The molecule has 2 heterocycles. The second-order valence-electron chi connectivity index (χ2n) is 4.28. The van der Waals surface area contributed by atoms with E-state index < -0.39 is 5.97 Å². The Morgan fingerprint density at radius 1 is 1.37 bits per heavy atom. The first kappa shape index (κ1) is 13.1. The van der Waals surface area contributed by atoms with E-state index in [0.717, 1.165) is 17.2 Å². The third kappa shape index (κ3) is 3.54. The Morgan fingerprint density at radius 3 is 2.79 bits per heavy atom. The number of carboxylic acids is 1. The van der Waals surface area contributed by atoms with Gasteiger partial charge in [-0.05, 0) is 30.7 Å². The summed E-state index contributed by atoms with van der Waals surface area (Å²) in [7, 11) is 1.88. The molecule has 6 nitrogen and oxygen atoms in total. The molecule has 2 aromatic heterocycles. The topological polar surface area (TPSA) is 82.1 Å². The average Bonchev–Trinajstić information content (AvgIpc) is 2.92. The van der Waals surface area contributed by atoms with Crippen LogP contribution in [0.2, 0.25) is 0 Å². The number of nitrogens with zero attached hydrogens (tertiary/aromatic N) is 3. The van der Waals surface area contributed by atoms with Crippen LogP contribution in [-0.2, 0) is 4.79 Å². The molecule has 0 bridgehead atoms. The van der Waals surface area contributed by atoms with E-state index in [4.69, 9.17) is 5.11 Å². The van der Waals surface area contributed by atoms with E-state index in [1.807, 2.05) is 42.4 Å². The van der Waals surface area contributed by atoms with Crippen LogP contribution in [0.25, 0.3) is 11.4 Å². The van der Waals surface area contributed by atoms with Gasteiger partial charge in [0.05, 0.1) is 5.69 Å². The highest BCUT2D eigenvalue weighted by Gasteiger charge is 2.06. The zero-order valence-electron chi connectivity index (χ0n) is 10.7. The van der Waals surface area contributed by atoms with E-state index in [0.29, 0.717) is 13.0 Å². The van der Waals surface area contributed by atoms with Gasteiger partial charge in [0.2, 0.25) is 0 Å². The van der Waals surface area contributed by atoms with Crippen LogP contribution in [0.4, 0.5) is 5.82 Å². The molecule has 100 valence electrons. The van der Waals surface area contributed by atoms with Gasteiger partial charge in [0.1, 0.15) is 5.69 Å². The highest BCUT2D eigenvalue weighted by molar-refractivity contribution is 5.66. The Labute approximate surface area is 111 Å². The number of nitrogens with one attached hydrogen (secondary N) is 1. The van der Waals surface area contributed by atoms with Gasteiger partial charge in [-0.25, -0.2) is 0 Å². The summed E-state index contributed by atoms with van der Waals surface area (Å²) in [5, 5.41) is 16.9. The summed E-state index contributed by atoms with van der Waals surface area (Å²) in [5.41, 5.74) is 1.71. The summed E-state index contributed by atoms with van der Waals surface area (Å²) in [6.07, 6.45) is 2.59.